The number of hydrogen-bond donors (Lipinski definition) is 2. The van der Waals surface area contributed by atoms with Gasteiger partial charge in [0.25, 0.3) is 0 Å². The molecule has 0 amide bonds. The maximum Gasteiger partial charge on any atom is 0.190 e. The second-order valence-corrected chi connectivity index (χ2v) is 8.46. The first-order chi connectivity index (χ1) is 12.5. The highest BCUT2D eigenvalue weighted by Crippen LogP contribution is 2.22. The molecule has 1 fully saturated rings. The van der Waals surface area contributed by atoms with Crippen LogP contribution in [0.3, 0.4) is 0 Å². The Balaban J connectivity index is 2.09. The van der Waals surface area contributed by atoms with Crippen LogP contribution in [-0.2, 0) is 0 Å². The zero-order valence-corrected chi connectivity index (χ0v) is 18.2. The molecule has 0 aromatic carbocycles. The summed E-state index contributed by atoms with van der Waals surface area (Å²) in [6.45, 7) is 18.6. The highest BCUT2D eigenvalue weighted by Gasteiger charge is 2.17. The van der Waals surface area contributed by atoms with E-state index < -0.39 is 0 Å². The lowest BCUT2D eigenvalue weighted by molar-refractivity contribution is 0.136. The number of nitrogens with one attached hydrogen (secondary N) is 2. The molecule has 1 aliphatic rings. The first kappa shape index (κ1) is 23.2. The van der Waals surface area contributed by atoms with Crippen LogP contribution in [0.2, 0.25) is 0 Å². The fraction of sp³-hybridized carbons (Fsp3) is 0.952. The van der Waals surface area contributed by atoms with Gasteiger partial charge in [0.15, 0.2) is 5.96 Å². The maximum atomic E-state index is 4.37. The van der Waals surface area contributed by atoms with Gasteiger partial charge < -0.3 is 20.4 Å². The summed E-state index contributed by atoms with van der Waals surface area (Å²) >= 11 is 0. The highest BCUT2D eigenvalue weighted by molar-refractivity contribution is 5.79. The van der Waals surface area contributed by atoms with Crippen molar-refractivity contribution in [1.82, 2.24) is 20.4 Å². The molecule has 1 aliphatic heterocycles. The van der Waals surface area contributed by atoms with E-state index in [1.807, 2.05) is 7.05 Å². The summed E-state index contributed by atoms with van der Waals surface area (Å²) in [5.74, 6) is 0.949. The molecule has 5 nitrogen and oxygen atoms in total. The molecule has 5 heteroatoms. The number of likely N-dealkylation sites (N-methyl/N-ethyl adjacent to an activating group) is 1. The predicted octanol–water partition coefficient (Wildman–Crippen LogP) is 3.18. The van der Waals surface area contributed by atoms with E-state index in [9.17, 15) is 0 Å². The third-order valence-electron chi connectivity index (χ3n) is 5.52. The molecule has 2 N–H and O–H groups in total. The van der Waals surface area contributed by atoms with Gasteiger partial charge in [-0.3, -0.25) is 4.99 Å². The van der Waals surface area contributed by atoms with Gasteiger partial charge in [0, 0.05) is 46.3 Å². The van der Waals surface area contributed by atoms with Crippen LogP contribution >= 0.6 is 0 Å². The molecule has 1 saturated heterocycles. The van der Waals surface area contributed by atoms with Crippen LogP contribution in [0, 0.1) is 5.41 Å². The first-order valence-corrected chi connectivity index (χ1v) is 10.9. The van der Waals surface area contributed by atoms with Crippen molar-refractivity contribution in [2.45, 2.75) is 66.2 Å². The zero-order chi connectivity index (χ0) is 19.3. The topological polar surface area (TPSA) is 42.9 Å². The third kappa shape index (κ3) is 10.4. The van der Waals surface area contributed by atoms with Crippen molar-refractivity contribution in [3.63, 3.8) is 0 Å². The minimum Gasteiger partial charge on any atom is -0.356 e. The number of rotatable bonds is 12. The highest BCUT2D eigenvalue weighted by atomic mass is 15.3. The number of aliphatic imine (C=N–C) groups is 1. The van der Waals surface area contributed by atoms with Crippen molar-refractivity contribution in [3.05, 3.63) is 0 Å². The molecule has 26 heavy (non-hydrogen) atoms. The lowest BCUT2D eigenvalue weighted by Gasteiger charge is -2.34. The molecule has 0 aromatic rings. The summed E-state index contributed by atoms with van der Waals surface area (Å²) in [6.07, 6.45) is 7.69. The van der Waals surface area contributed by atoms with E-state index in [-0.39, 0.29) is 0 Å². The van der Waals surface area contributed by atoms with E-state index in [0.717, 1.165) is 19.0 Å². The molecule has 0 bridgehead atoms. The number of unbranched alkanes of at least 4 members (excludes halogenated alkanes) is 3. The molecule has 0 aliphatic carbocycles. The Morgan fingerprint density at radius 3 is 2.23 bits per heavy atom. The standard InChI is InChI=1S/C21H45N5/c1-6-8-9-12-21(3,4)19-24-20(22-5)23-13-10-11-14-26-17-15-25(7-2)16-18-26/h6-19H2,1-5H3,(H2,22,23,24). The third-order valence-corrected chi connectivity index (χ3v) is 5.52. The number of piperazine rings is 1. The largest absolute Gasteiger partial charge is 0.356 e. The minimum atomic E-state index is 0.327. The Hall–Kier alpha value is -0.810. The molecule has 1 heterocycles. The van der Waals surface area contributed by atoms with Crippen LogP contribution in [0.5, 0.6) is 0 Å². The molecule has 0 saturated carbocycles. The maximum absolute atomic E-state index is 4.37. The van der Waals surface area contributed by atoms with Gasteiger partial charge in [-0.1, -0.05) is 47.0 Å². The second kappa shape index (κ2) is 13.4. The van der Waals surface area contributed by atoms with Crippen LogP contribution in [0.25, 0.3) is 0 Å². The number of guanidine groups is 1. The molecule has 0 radical (unpaired) electrons. The lowest BCUT2D eigenvalue weighted by Crippen LogP contribution is -2.46. The molecule has 0 aromatic heterocycles. The van der Waals surface area contributed by atoms with Crippen LogP contribution < -0.4 is 10.6 Å². The normalized spacial score (nSPS) is 17.5. The average Bonchev–Trinajstić information content (AvgIpc) is 2.64. The summed E-state index contributed by atoms with van der Waals surface area (Å²) < 4.78 is 0. The summed E-state index contributed by atoms with van der Waals surface area (Å²) in [7, 11) is 1.87. The first-order valence-electron chi connectivity index (χ1n) is 10.9. The van der Waals surface area contributed by atoms with Crippen LogP contribution in [-0.4, -0.2) is 75.2 Å². The van der Waals surface area contributed by atoms with Gasteiger partial charge in [0.05, 0.1) is 0 Å². The predicted molar refractivity (Wildman–Crippen MR) is 115 cm³/mol. The van der Waals surface area contributed by atoms with Gasteiger partial charge in [-0.05, 0) is 37.8 Å². The van der Waals surface area contributed by atoms with Gasteiger partial charge in [0.1, 0.15) is 0 Å². The van der Waals surface area contributed by atoms with Gasteiger partial charge in [0.2, 0.25) is 0 Å². The fourth-order valence-electron chi connectivity index (χ4n) is 3.48. The smallest absolute Gasteiger partial charge is 0.190 e. The molecular formula is C21H45N5. The zero-order valence-electron chi connectivity index (χ0n) is 18.2. The molecular weight excluding hydrogens is 322 g/mol. The van der Waals surface area contributed by atoms with Crippen LogP contribution in [0.4, 0.5) is 0 Å². The quantitative estimate of drug-likeness (QED) is 0.316. The van der Waals surface area contributed by atoms with Crippen molar-refractivity contribution >= 4 is 5.96 Å². The van der Waals surface area contributed by atoms with Gasteiger partial charge in [-0.25, -0.2) is 0 Å². The monoisotopic (exact) mass is 367 g/mol. The Kier molecular flexibility index (Phi) is 11.9. The summed E-state index contributed by atoms with van der Waals surface area (Å²) in [6, 6.07) is 0. The van der Waals surface area contributed by atoms with E-state index in [1.165, 1.54) is 77.8 Å². The van der Waals surface area contributed by atoms with Crippen molar-refractivity contribution in [2.24, 2.45) is 10.4 Å². The van der Waals surface area contributed by atoms with Crippen molar-refractivity contribution in [2.75, 3.05) is 59.4 Å². The summed E-state index contributed by atoms with van der Waals surface area (Å²) in [4.78, 5) is 9.52. The lowest BCUT2D eigenvalue weighted by atomic mass is 9.87. The van der Waals surface area contributed by atoms with Gasteiger partial charge >= 0.3 is 0 Å². The molecule has 154 valence electrons. The van der Waals surface area contributed by atoms with Crippen molar-refractivity contribution < 1.29 is 0 Å². The fourth-order valence-corrected chi connectivity index (χ4v) is 3.48. The second-order valence-electron chi connectivity index (χ2n) is 8.46. The van der Waals surface area contributed by atoms with E-state index in [0.29, 0.717) is 5.41 Å². The van der Waals surface area contributed by atoms with Gasteiger partial charge in [-0.15, -0.1) is 0 Å². The average molecular weight is 368 g/mol. The number of nitrogens with zero attached hydrogens (tertiary/aromatic N) is 3. The molecule has 0 spiro atoms. The van der Waals surface area contributed by atoms with E-state index in [1.54, 1.807) is 0 Å². The van der Waals surface area contributed by atoms with Crippen LogP contribution in [0.1, 0.15) is 66.2 Å². The number of hydrogen-bond acceptors (Lipinski definition) is 3. The van der Waals surface area contributed by atoms with E-state index in [2.05, 4.69) is 53.1 Å². The van der Waals surface area contributed by atoms with Gasteiger partial charge in [-0.2, -0.15) is 0 Å². The van der Waals surface area contributed by atoms with Crippen molar-refractivity contribution in [1.29, 1.82) is 0 Å². The SMILES string of the molecule is CCCCCC(C)(C)CNC(=NC)NCCCCN1CCN(CC)CC1. The Labute approximate surface area is 163 Å². The Bertz CT molecular complexity index is 373. The Morgan fingerprint density at radius 1 is 0.923 bits per heavy atom. The molecule has 1 rings (SSSR count). The van der Waals surface area contributed by atoms with Crippen LogP contribution in [0.15, 0.2) is 4.99 Å². The van der Waals surface area contributed by atoms with Crippen molar-refractivity contribution in [3.8, 4) is 0 Å². The Morgan fingerprint density at radius 2 is 1.62 bits per heavy atom. The summed E-state index contributed by atoms with van der Waals surface area (Å²) in [5.41, 5.74) is 0.327. The molecule has 0 unspecified atom stereocenters. The minimum absolute atomic E-state index is 0.327. The summed E-state index contributed by atoms with van der Waals surface area (Å²) in [5, 5.41) is 6.99. The van der Waals surface area contributed by atoms with E-state index >= 15 is 0 Å². The molecule has 0 atom stereocenters. The van der Waals surface area contributed by atoms with E-state index in [4.69, 9.17) is 0 Å².